The SMILES string of the molecule is c1ccc(-n2ncc(CN3CCn4ccnc4C3)n2)cc1. The Kier molecular flexibility index (Phi) is 3.01. The molecule has 0 fully saturated rings. The lowest BCUT2D eigenvalue weighted by Crippen LogP contribution is -2.33. The molecule has 0 amide bonds. The molecular formula is C15H16N6. The van der Waals surface area contributed by atoms with Gasteiger partial charge in [0, 0.05) is 32.0 Å². The number of benzene rings is 1. The number of aromatic nitrogens is 5. The first-order chi connectivity index (χ1) is 10.4. The van der Waals surface area contributed by atoms with Gasteiger partial charge in [0.1, 0.15) is 5.82 Å². The number of para-hydroxylation sites is 1. The third kappa shape index (κ3) is 2.45. The van der Waals surface area contributed by atoms with Crippen LogP contribution in [0, 0.1) is 0 Å². The summed E-state index contributed by atoms with van der Waals surface area (Å²) in [4.78, 5) is 8.41. The van der Waals surface area contributed by atoms with Crippen LogP contribution in [0.1, 0.15) is 11.5 Å². The third-order valence-electron chi connectivity index (χ3n) is 3.74. The van der Waals surface area contributed by atoms with Crippen molar-refractivity contribution >= 4 is 0 Å². The Morgan fingerprint density at radius 2 is 2.00 bits per heavy atom. The van der Waals surface area contributed by atoms with Crippen molar-refractivity contribution < 1.29 is 0 Å². The zero-order valence-corrected chi connectivity index (χ0v) is 11.6. The molecule has 1 aliphatic rings. The fourth-order valence-corrected chi connectivity index (χ4v) is 2.64. The molecule has 1 aliphatic heterocycles. The fourth-order valence-electron chi connectivity index (χ4n) is 2.64. The lowest BCUT2D eigenvalue weighted by atomic mass is 10.3. The van der Waals surface area contributed by atoms with E-state index in [2.05, 4.69) is 24.6 Å². The summed E-state index contributed by atoms with van der Waals surface area (Å²) in [6, 6.07) is 9.97. The van der Waals surface area contributed by atoms with E-state index in [1.54, 1.807) is 4.80 Å². The van der Waals surface area contributed by atoms with Gasteiger partial charge in [-0.1, -0.05) is 18.2 Å². The quantitative estimate of drug-likeness (QED) is 0.729. The second-order valence-corrected chi connectivity index (χ2v) is 5.21. The molecule has 3 aromatic rings. The van der Waals surface area contributed by atoms with Crippen LogP contribution >= 0.6 is 0 Å². The van der Waals surface area contributed by atoms with Crippen molar-refractivity contribution in [2.75, 3.05) is 6.54 Å². The van der Waals surface area contributed by atoms with Crippen molar-refractivity contribution in [2.45, 2.75) is 19.6 Å². The summed E-state index contributed by atoms with van der Waals surface area (Å²) in [6.07, 6.45) is 5.75. The predicted octanol–water partition coefficient (Wildman–Crippen LogP) is 1.48. The minimum Gasteiger partial charge on any atom is -0.333 e. The maximum absolute atomic E-state index is 4.55. The van der Waals surface area contributed by atoms with E-state index in [0.29, 0.717) is 0 Å². The number of nitrogens with zero attached hydrogens (tertiary/aromatic N) is 6. The maximum Gasteiger partial charge on any atom is 0.122 e. The van der Waals surface area contributed by atoms with Gasteiger partial charge in [-0.2, -0.15) is 15.0 Å². The molecule has 0 unspecified atom stereocenters. The summed E-state index contributed by atoms with van der Waals surface area (Å²) >= 11 is 0. The lowest BCUT2D eigenvalue weighted by Gasteiger charge is -2.26. The Bertz CT molecular complexity index is 729. The van der Waals surface area contributed by atoms with E-state index in [1.165, 1.54) is 0 Å². The standard InChI is InChI=1S/C15H16N6/c1-2-4-14(5-3-1)21-17-10-13(18-21)11-19-8-9-20-7-6-16-15(20)12-19/h1-7,10H,8-9,11-12H2. The van der Waals surface area contributed by atoms with Crippen LogP contribution in [-0.2, 0) is 19.6 Å². The van der Waals surface area contributed by atoms with Gasteiger partial charge in [-0.05, 0) is 12.1 Å². The smallest absolute Gasteiger partial charge is 0.122 e. The van der Waals surface area contributed by atoms with Crippen LogP contribution in [0.25, 0.3) is 5.69 Å². The number of imidazole rings is 1. The van der Waals surface area contributed by atoms with Gasteiger partial charge >= 0.3 is 0 Å². The van der Waals surface area contributed by atoms with Crippen molar-refractivity contribution in [2.24, 2.45) is 0 Å². The number of hydrogen-bond acceptors (Lipinski definition) is 4. The molecule has 6 nitrogen and oxygen atoms in total. The summed E-state index contributed by atoms with van der Waals surface area (Å²) in [5.74, 6) is 1.12. The van der Waals surface area contributed by atoms with E-state index >= 15 is 0 Å². The molecule has 0 radical (unpaired) electrons. The van der Waals surface area contributed by atoms with E-state index in [-0.39, 0.29) is 0 Å². The molecule has 21 heavy (non-hydrogen) atoms. The van der Waals surface area contributed by atoms with Crippen LogP contribution in [0.5, 0.6) is 0 Å². The molecule has 4 rings (SSSR count). The number of rotatable bonds is 3. The second kappa shape index (κ2) is 5.14. The molecule has 0 saturated carbocycles. The zero-order chi connectivity index (χ0) is 14.1. The molecule has 0 aliphatic carbocycles. The summed E-state index contributed by atoms with van der Waals surface area (Å²) in [5.41, 5.74) is 1.97. The molecule has 0 bridgehead atoms. The monoisotopic (exact) mass is 280 g/mol. The zero-order valence-electron chi connectivity index (χ0n) is 11.6. The molecule has 0 saturated heterocycles. The summed E-state index contributed by atoms with van der Waals surface area (Å²) in [7, 11) is 0. The van der Waals surface area contributed by atoms with Crippen molar-refractivity contribution in [3.63, 3.8) is 0 Å². The Labute approximate surface area is 122 Å². The normalized spacial score (nSPS) is 15.0. The van der Waals surface area contributed by atoms with E-state index < -0.39 is 0 Å². The highest BCUT2D eigenvalue weighted by molar-refractivity contribution is 5.28. The van der Waals surface area contributed by atoms with Crippen LogP contribution in [0.4, 0.5) is 0 Å². The molecule has 106 valence electrons. The largest absolute Gasteiger partial charge is 0.333 e. The second-order valence-electron chi connectivity index (χ2n) is 5.21. The minimum atomic E-state index is 0.805. The van der Waals surface area contributed by atoms with Gasteiger partial charge in [0.2, 0.25) is 0 Å². The first-order valence-corrected chi connectivity index (χ1v) is 7.07. The van der Waals surface area contributed by atoms with Gasteiger partial charge in [-0.25, -0.2) is 4.98 Å². The molecule has 0 spiro atoms. The first-order valence-electron chi connectivity index (χ1n) is 7.07. The van der Waals surface area contributed by atoms with Crippen molar-refractivity contribution in [3.05, 3.63) is 60.4 Å². The van der Waals surface area contributed by atoms with Gasteiger partial charge in [0.25, 0.3) is 0 Å². The molecule has 6 heteroatoms. The van der Waals surface area contributed by atoms with Gasteiger partial charge in [0.15, 0.2) is 0 Å². The molecule has 0 atom stereocenters. The third-order valence-corrected chi connectivity index (χ3v) is 3.74. The highest BCUT2D eigenvalue weighted by atomic mass is 15.5. The minimum absolute atomic E-state index is 0.805. The first kappa shape index (κ1) is 12.3. The Hall–Kier alpha value is -2.47. The van der Waals surface area contributed by atoms with E-state index in [9.17, 15) is 0 Å². The molecule has 0 N–H and O–H groups in total. The van der Waals surface area contributed by atoms with Crippen LogP contribution in [0.2, 0.25) is 0 Å². The van der Waals surface area contributed by atoms with Gasteiger partial charge in [-0.15, -0.1) is 0 Å². The number of fused-ring (bicyclic) bond motifs is 1. The van der Waals surface area contributed by atoms with Crippen LogP contribution in [-0.4, -0.2) is 36.0 Å². The van der Waals surface area contributed by atoms with Crippen molar-refractivity contribution in [1.82, 2.24) is 29.4 Å². The Morgan fingerprint density at radius 3 is 2.90 bits per heavy atom. The van der Waals surface area contributed by atoms with Crippen molar-refractivity contribution in [3.8, 4) is 5.69 Å². The van der Waals surface area contributed by atoms with Crippen LogP contribution in [0.3, 0.4) is 0 Å². The van der Waals surface area contributed by atoms with Crippen LogP contribution in [0.15, 0.2) is 48.9 Å². The van der Waals surface area contributed by atoms with Gasteiger partial charge in [0.05, 0.1) is 24.1 Å². The maximum atomic E-state index is 4.55. The van der Waals surface area contributed by atoms with E-state index in [1.807, 2.05) is 48.9 Å². The average molecular weight is 280 g/mol. The molecule has 1 aromatic carbocycles. The molecular weight excluding hydrogens is 264 g/mol. The summed E-state index contributed by atoms with van der Waals surface area (Å²) in [5, 5.41) is 8.90. The average Bonchev–Trinajstić information content (AvgIpc) is 3.17. The van der Waals surface area contributed by atoms with Crippen LogP contribution < -0.4 is 0 Å². The summed E-state index contributed by atoms with van der Waals surface area (Å²) < 4.78 is 2.21. The van der Waals surface area contributed by atoms with Gasteiger partial charge < -0.3 is 4.57 Å². The predicted molar refractivity (Wildman–Crippen MR) is 77.7 cm³/mol. The lowest BCUT2D eigenvalue weighted by molar-refractivity contribution is 0.206. The highest BCUT2D eigenvalue weighted by Crippen LogP contribution is 2.13. The highest BCUT2D eigenvalue weighted by Gasteiger charge is 2.17. The Morgan fingerprint density at radius 1 is 1.10 bits per heavy atom. The molecule has 2 aromatic heterocycles. The fraction of sp³-hybridized carbons (Fsp3) is 0.267. The van der Waals surface area contributed by atoms with Gasteiger partial charge in [-0.3, -0.25) is 4.90 Å². The molecule has 3 heterocycles. The van der Waals surface area contributed by atoms with E-state index in [4.69, 9.17) is 0 Å². The Balaban J connectivity index is 1.48. The van der Waals surface area contributed by atoms with Crippen molar-refractivity contribution in [1.29, 1.82) is 0 Å². The summed E-state index contributed by atoms with van der Waals surface area (Å²) in [6.45, 7) is 3.68. The number of hydrogen-bond donors (Lipinski definition) is 0. The van der Waals surface area contributed by atoms with E-state index in [0.717, 1.165) is 43.4 Å². The topological polar surface area (TPSA) is 51.8 Å².